The van der Waals surface area contributed by atoms with E-state index in [0.717, 1.165) is 5.56 Å². The molecular formula is C12H7ClFNO2. The van der Waals surface area contributed by atoms with Gasteiger partial charge in [0.25, 0.3) is 0 Å². The Bertz CT molecular complexity index is 542. The first-order chi connectivity index (χ1) is 8.20. The molecule has 0 aliphatic rings. The van der Waals surface area contributed by atoms with Crippen molar-refractivity contribution in [3.05, 3.63) is 53.2 Å². The zero-order chi connectivity index (χ0) is 12.3. The van der Waals surface area contributed by atoms with Crippen LogP contribution in [0.1, 0.15) is 10.5 Å². The molecule has 0 aliphatic heterocycles. The molecule has 0 radical (unpaired) electrons. The van der Waals surface area contributed by atoms with Gasteiger partial charge < -0.3 is 0 Å². The molecular weight excluding hydrogens is 245 g/mol. The number of hydrogen-bond donors (Lipinski definition) is 0. The highest BCUT2D eigenvalue weighted by atomic mass is 35.5. The Labute approximate surface area is 102 Å². The Balaban J connectivity index is 2.39. The second-order valence-corrected chi connectivity index (χ2v) is 3.72. The van der Waals surface area contributed by atoms with Gasteiger partial charge in [-0.1, -0.05) is 29.8 Å². The molecule has 0 amide bonds. The van der Waals surface area contributed by atoms with E-state index in [9.17, 15) is 9.32 Å². The summed E-state index contributed by atoms with van der Waals surface area (Å²) in [5.41, 5.74) is 1.24. The second kappa shape index (κ2) is 4.93. The SMILES string of the molecule is O=C(OF)c1cccc(-c2ccc(Cl)cc2)n1. The van der Waals surface area contributed by atoms with Gasteiger partial charge in [0.2, 0.25) is 0 Å². The quantitative estimate of drug-likeness (QED) is 0.821. The van der Waals surface area contributed by atoms with Crippen molar-refractivity contribution in [2.24, 2.45) is 0 Å². The summed E-state index contributed by atoms with van der Waals surface area (Å²) in [7, 11) is 0. The Hall–Kier alpha value is -1.94. The van der Waals surface area contributed by atoms with E-state index in [2.05, 4.69) is 9.93 Å². The molecule has 0 saturated carbocycles. The van der Waals surface area contributed by atoms with Crippen molar-refractivity contribution in [1.29, 1.82) is 0 Å². The zero-order valence-corrected chi connectivity index (χ0v) is 9.32. The fourth-order valence-electron chi connectivity index (χ4n) is 1.37. The van der Waals surface area contributed by atoms with Crippen LogP contribution < -0.4 is 0 Å². The van der Waals surface area contributed by atoms with Crippen LogP contribution in [-0.4, -0.2) is 11.0 Å². The van der Waals surface area contributed by atoms with Crippen LogP contribution in [0.2, 0.25) is 5.02 Å². The Morgan fingerprint density at radius 1 is 1.18 bits per heavy atom. The highest BCUT2D eigenvalue weighted by Gasteiger charge is 2.10. The number of aromatic nitrogens is 1. The van der Waals surface area contributed by atoms with Crippen molar-refractivity contribution in [2.45, 2.75) is 0 Å². The van der Waals surface area contributed by atoms with Crippen molar-refractivity contribution in [2.75, 3.05) is 0 Å². The van der Waals surface area contributed by atoms with Crippen LogP contribution in [-0.2, 0) is 4.94 Å². The molecule has 2 rings (SSSR count). The molecule has 1 aromatic heterocycles. The van der Waals surface area contributed by atoms with E-state index >= 15 is 0 Å². The van der Waals surface area contributed by atoms with Crippen LogP contribution >= 0.6 is 11.6 Å². The highest BCUT2D eigenvalue weighted by molar-refractivity contribution is 6.30. The monoisotopic (exact) mass is 251 g/mol. The Kier molecular flexibility index (Phi) is 3.35. The predicted octanol–water partition coefficient (Wildman–Crippen LogP) is 3.44. The normalized spacial score (nSPS) is 10.0. The first kappa shape index (κ1) is 11.5. The smallest absolute Gasteiger partial charge is 0.248 e. The molecule has 17 heavy (non-hydrogen) atoms. The summed E-state index contributed by atoms with van der Waals surface area (Å²) in [5, 5.41) is 0.605. The number of nitrogens with zero attached hydrogens (tertiary/aromatic N) is 1. The molecule has 0 fully saturated rings. The third-order valence-electron chi connectivity index (χ3n) is 2.17. The lowest BCUT2D eigenvalue weighted by molar-refractivity contribution is -0.0793. The van der Waals surface area contributed by atoms with E-state index in [0.29, 0.717) is 10.7 Å². The molecule has 0 unspecified atom stereocenters. The third kappa shape index (κ3) is 2.60. The number of hydrogen-bond acceptors (Lipinski definition) is 3. The van der Waals surface area contributed by atoms with E-state index < -0.39 is 5.97 Å². The summed E-state index contributed by atoms with van der Waals surface area (Å²) in [6, 6.07) is 11.6. The lowest BCUT2D eigenvalue weighted by Crippen LogP contribution is -2.02. The predicted molar refractivity (Wildman–Crippen MR) is 61.2 cm³/mol. The number of carbonyl (C=O) groups excluding carboxylic acids is 1. The van der Waals surface area contributed by atoms with Crippen LogP contribution in [0.3, 0.4) is 0 Å². The molecule has 0 spiro atoms. The molecule has 0 aliphatic carbocycles. The molecule has 2 aromatic rings. The van der Waals surface area contributed by atoms with Gasteiger partial charge in [-0.05, 0) is 24.3 Å². The molecule has 0 saturated heterocycles. The van der Waals surface area contributed by atoms with E-state index in [4.69, 9.17) is 11.6 Å². The number of halogens is 2. The maximum Gasteiger partial charge on any atom is 0.397 e. The van der Waals surface area contributed by atoms with E-state index in [-0.39, 0.29) is 5.69 Å². The summed E-state index contributed by atoms with van der Waals surface area (Å²) >= 11 is 5.76. The maximum absolute atomic E-state index is 11.8. The minimum Gasteiger partial charge on any atom is -0.248 e. The Morgan fingerprint density at radius 3 is 2.53 bits per heavy atom. The van der Waals surface area contributed by atoms with Gasteiger partial charge in [-0.25, -0.2) is 14.7 Å². The number of carbonyl (C=O) groups is 1. The maximum atomic E-state index is 11.8. The Morgan fingerprint density at radius 2 is 1.88 bits per heavy atom. The number of pyridine rings is 1. The number of benzene rings is 1. The summed E-state index contributed by atoms with van der Waals surface area (Å²) in [4.78, 5) is 18.1. The van der Waals surface area contributed by atoms with Gasteiger partial charge >= 0.3 is 5.97 Å². The van der Waals surface area contributed by atoms with Crippen LogP contribution in [0.4, 0.5) is 4.53 Å². The fourth-order valence-corrected chi connectivity index (χ4v) is 1.50. The molecule has 0 N–H and O–H groups in total. The lowest BCUT2D eigenvalue weighted by Gasteiger charge is -2.02. The minimum absolute atomic E-state index is 0.0834. The van der Waals surface area contributed by atoms with Crippen molar-refractivity contribution in [3.63, 3.8) is 0 Å². The summed E-state index contributed by atoms with van der Waals surface area (Å²) in [5.74, 6) is -1.11. The fraction of sp³-hybridized carbons (Fsp3) is 0. The van der Waals surface area contributed by atoms with Crippen molar-refractivity contribution in [1.82, 2.24) is 4.98 Å². The average molecular weight is 252 g/mol. The van der Waals surface area contributed by atoms with Crippen molar-refractivity contribution < 1.29 is 14.3 Å². The molecule has 3 nitrogen and oxygen atoms in total. The molecule has 5 heteroatoms. The lowest BCUT2D eigenvalue weighted by atomic mass is 10.1. The van der Waals surface area contributed by atoms with Gasteiger partial charge in [-0.15, -0.1) is 0 Å². The summed E-state index contributed by atoms with van der Waals surface area (Å²) in [6.07, 6.45) is 0. The summed E-state index contributed by atoms with van der Waals surface area (Å²) in [6.45, 7) is 0. The van der Waals surface area contributed by atoms with Crippen LogP contribution in [0.15, 0.2) is 42.5 Å². The highest BCUT2D eigenvalue weighted by Crippen LogP contribution is 2.19. The van der Waals surface area contributed by atoms with Gasteiger partial charge in [0.05, 0.1) is 5.69 Å². The van der Waals surface area contributed by atoms with E-state index in [1.807, 2.05) is 0 Å². The van der Waals surface area contributed by atoms with Gasteiger partial charge in [0.15, 0.2) is 5.69 Å². The van der Waals surface area contributed by atoms with Gasteiger partial charge in [0.1, 0.15) is 0 Å². The van der Waals surface area contributed by atoms with Crippen molar-refractivity contribution >= 4 is 17.6 Å². The third-order valence-corrected chi connectivity index (χ3v) is 2.42. The first-order valence-corrected chi connectivity index (χ1v) is 5.14. The van der Waals surface area contributed by atoms with Gasteiger partial charge in [0, 0.05) is 15.1 Å². The van der Waals surface area contributed by atoms with Crippen LogP contribution in [0, 0.1) is 0 Å². The first-order valence-electron chi connectivity index (χ1n) is 4.76. The number of rotatable bonds is 2. The standard InChI is InChI=1S/C12H7ClFNO2/c13-9-6-4-8(5-7-9)10-2-1-3-11(15-10)12(16)17-14/h1-7H. The zero-order valence-electron chi connectivity index (χ0n) is 8.56. The second-order valence-electron chi connectivity index (χ2n) is 3.28. The van der Waals surface area contributed by atoms with Crippen LogP contribution in [0.5, 0.6) is 0 Å². The van der Waals surface area contributed by atoms with E-state index in [1.165, 1.54) is 6.07 Å². The van der Waals surface area contributed by atoms with Crippen molar-refractivity contribution in [3.8, 4) is 11.3 Å². The van der Waals surface area contributed by atoms with Gasteiger partial charge in [-0.3, -0.25) is 0 Å². The van der Waals surface area contributed by atoms with E-state index in [1.54, 1.807) is 36.4 Å². The average Bonchev–Trinajstić information content (AvgIpc) is 2.39. The molecule has 0 atom stereocenters. The molecule has 1 heterocycles. The molecule has 1 aromatic carbocycles. The largest absolute Gasteiger partial charge is 0.397 e. The topological polar surface area (TPSA) is 39.2 Å². The van der Waals surface area contributed by atoms with Crippen LogP contribution in [0.25, 0.3) is 11.3 Å². The summed E-state index contributed by atoms with van der Waals surface area (Å²) < 4.78 is 11.8. The molecule has 0 bridgehead atoms. The van der Waals surface area contributed by atoms with Gasteiger partial charge in [-0.2, -0.15) is 0 Å². The minimum atomic E-state index is -1.11. The molecule has 86 valence electrons.